The number of carbonyl (C=O) groups excluding carboxylic acids is 1. The van der Waals surface area contributed by atoms with Crippen LogP contribution >= 0.6 is 11.3 Å². The van der Waals surface area contributed by atoms with Crippen LogP contribution in [0.15, 0.2) is 47.8 Å². The Morgan fingerprint density at radius 2 is 1.86 bits per heavy atom. The van der Waals surface area contributed by atoms with Crippen LogP contribution in [0.5, 0.6) is 5.75 Å². The number of anilines is 1. The van der Waals surface area contributed by atoms with Crippen molar-refractivity contribution in [3.05, 3.63) is 64.9 Å². The van der Waals surface area contributed by atoms with Crippen LogP contribution in [-0.2, 0) is 6.42 Å². The number of amides is 1. The van der Waals surface area contributed by atoms with Gasteiger partial charge < -0.3 is 15.0 Å². The van der Waals surface area contributed by atoms with Crippen LogP contribution in [0.25, 0.3) is 21.5 Å². The van der Waals surface area contributed by atoms with Crippen LogP contribution in [0.3, 0.4) is 0 Å². The van der Waals surface area contributed by atoms with E-state index in [0.717, 1.165) is 64.7 Å². The van der Waals surface area contributed by atoms with Gasteiger partial charge in [0.25, 0.3) is 5.91 Å². The van der Waals surface area contributed by atoms with Crippen LogP contribution in [0, 0.1) is 6.92 Å². The number of hydrogen-bond donors (Lipinski definition) is 1. The van der Waals surface area contributed by atoms with E-state index in [2.05, 4.69) is 26.3 Å². The lowest BCUT2D eigenvalue weighted by Crippen LogP contribution is -2.36. The Hall–Kier alpha value is -3.52. The van der Waals surface area contributed by atoms with Crippen molar-refractivity contribution in [2.75, 3.05) is 25.6 Å². The number of fused-ring (bicyclic) bond motifs is 2. The second kappa shape index (κ2) is 11.3. The van der Waals surface area contributed by atoms with E-state index < -0.39 is 0 Å². The number of carbonyl (C=O) groups is 1. The Labute approximate surface area is 221 Å². The number of aromatic nitrogens is 3. The number of thiazole rings is 1. The number of ether oxygens (including phenoxy) is 1. The molecule has 1 amide bonds. The quantitative estimate of drug-likeness (QED) is 0.369. The lowest BCUT2D eigenvalue weighted by Gasteiger charge is -2.22. The molecule has 2 aromatic carbocycles. The Kier molecular flexibility index (Phi) is 7.65. The molecule has 0 spiro atoms. The fourth-order valence-electron chi connectivity index (χ4n) is 4.85. The van der Waals surface area contributed by atoms with Crippen LogP contribution < -0.4 is 15.0 Å². The smallest absolute Gasteiger partial charge is 0.270 e. The van der Waals surface area contributed by atoms with E-state index in [1.807, 2.05) is 67.7 Å². The van der Waals surface area contributed by atoms with Gasteiger partial charge in [0.15, 0.2) is 0 Å². The standard InChI is InChI=1S/C18H20N2O2S.C11H13N3/c21-17(19-14-4-2-1-3-5-14)15-11-23-18(20-15)13-6-7-16-12(10-13)8-9-22-16;1-8-12-10-7-5-4-6-9(10)11(13-8)14(2)3/h6-7,10-11,14H,1-5,8-9H2,(H,19,21);4-7H,1-3H3. The fraction of sp³-hybridized carbons (Fsp3) is 0.379. The molecule has 37 heavy (non-hydrogen) atoms. The van der Waals surface area contributed by atoms with Crippen molar-refractivity contribution in [2.45, 2.75) is 51.5 Å². The molecule has 0 unspecified atom stereocenters. The van der Waals surface area contributed by atoms with Gasteiger partial charge in [-0.1, -0.05) is 31.4 Å². The fourth-order valence-corrected chi connectivity index (χ4v) is 5.65. The summed E-state index contributed by atoms with van der Waals surface area (Å²) in [5.41, 5.74) is 3.83. The van der Waals surface area contributed by atoms with Gasteiger partial charge >= 0.3 is 0 Å². The molecule has 0 atom stereocenters. The molecule has 8 heteroatoms. The topological polar surface area (TPSA) is 80.2 Å². The first kappa shape index (κ1) is 25.1. The van der Waals surface area contributed by atoms with Gasteiger partial charge in [-0.05, 0) is 55.7 Å². The summed E-state index contributed by atoms with van der Waals surface area (Å²) in [7, 11) is 3.99. The van der Waals surface area contributed by atoms with Crippen molar-refractivity contribution in [3.8, 4) is 16.3 Å². The number of benzene rings is 2. The Bertz CT molecular complexity index is 1390. The summed E-state index contributed by atoms with van der Waals surface area (Å²) in [4.78, 5) is 27.7. The van der Waals surface area contributed by atoms with Gasteiger partial charge in [0.2, 0.25) is 0 Å². The molecule has 7 nitrogen and oxygen atoms in total. The molecule has 1 saturated carbocycles. The first-order valence-electron chi connectivity index (χ1n) is 12.9. The Balaban J connectivity index is 0.000000171. The third-order valence-corrected chi connectivity index (χ3v) is 7.62. The third-order valence-electron chi connectivity index (χ3n) is 6.73. The molecule has 0 bridgehead atoms. The number of hydrogen-bond acceptors (Lipinski definition) is 7. The van der Waals surface area contributed by atoms with Crippen molar-refractivity contribution in [2.24, 2.45) is 0 Å². The van der Waals surface area contributed by atoms with Gasteiger partial charge in [-0.25, -0.2) is 15.0 Å². The van der Waals surface area contributed by atoms with Crippen LogP contribution in [0.1, 0.15) is 54.0 Å². The zero-order valence-corrected chi connectivity index (χ0v) is 22.5. The summed E-state index contributed by atoms with van der Waals surface area (Å²) in [6.45, 7) is 2.67. The van der Waals surface area contributed by atoms with Crippen LogP contribution in [0.4, 0.5) is 5.82 Å². The molecule has 1 aliphatic heterocycles. The summed E-state index contributed by atoms with van der Waals surface area (Å²) in [6.07, 6.45) is 6.84. The van der Waals surface area contributed by atoms with Crippen molar-refractivity contribution < 1.29 is 9.53 Å². The highest BCUT2D eigenvalue weighted by atomic mass is 32.1. The minimum absolute atomic E-state index is 0.0381. The average Bonchev–Trinajstić information content (AvgIpc) is 3.59. The second-order valence-corrected chi connectivity index (χ2v) is 10.6. The molecule has 3 heterocycles. The SMILES string of the molecule is Cc1nc(N(C)C)c2ccccc2n1.O=C(NC1CCCCC1)c1csc(-c2ccc3c(c2)CCO3)n1. The van der Waals surface area contributed by atoms with Gasteiger partial charge in [-0.15, -0.1) is 11.3 Å². The van der Waals surface area contributed by atoms with E-state index in [4.69, 9.17) is 4.74 Å². The molecular weight excluding hydrogens is 482 g/mol. The van der Waals surface area contributed by atoms with Gasteiger partial charge in [-0.3, -0.25) is 4.79 Å². The highest BCUT2D eigenvalue weighted by Crippen LogP contribution is 2.32. The minimum Gasteiger partial charge on any atom is -0.493 e. The number of aryl methyl sites for hydroxylation is 1. The maximum absolute atomic E-state index is 12.4. The first-order valence-corrected chi connectivity index (χ1v) is 13.8. The molecule has 1 fully saturated rings. The van der Waals surface area contributed by atoms with Crippen molar-refractivity contribution >= 4 is 34.0 Å². The molecular formula is C29H33N5O2S. The maximum atomic E-state index is 12.4. The summed E-state index contributed by atoms with van der Waals surface area (Å²) in [6, 6.07) is 14.5. The predicted octanol–water partition coefficient (Wildman–Crippen LogP) is 5.81. The van der Waals surface area contributed by atoms with Gasteiger partial charge in [0, 0.05) is 42.9 Å². The molecule has 192 valence electrons. The van der Waals surface area contributed by atoms with E-state index in [1.165, 1.54) is 36.2 Å². The van der Waals surface area contributed by atoms with Gasteiger partial charge in [0.1, 0.15) is 28.1 Å². The lowest BCUT2D eigenvalue weighted by molar-refractivity contribution is 0.0923. The molecule has 1 N–H and O–H groups in total. The second-order valence-electron chi connectivity index (χ2n) is 9.77. The molecule has 2 aromatic heterocycles. The van der Waals surface area contributed by atoms with E-state index in [9.17, 15) is 4.79 Å². The number of nitrogens with one attached hydrogen (secondary N) is 1. The van der Waals surface area contributed by atoms with Crippen molar-refractivity contribution in [1.82, 2.24) is 20.3 Å². The maximum Gasteiger partial charge on any atom is 0.270 e. The minimum atomic E-state index is -0.0381. The molecule has 4 aromatic rings. The van der Waals surface area contributed by atoms with E-state index in [-0.39, 0.29) is 5.91 Å². The van der Waals surface area contributed by atoms with E-state index in [0.29, 0.717) is 11.7 Å². The number of nitrogens with zero attached hydrogens (tertiary/aromatic N) is 4. The number of para-hydroxylation sites is 1. The third kappa shape index (κ3) is 5.91. The number of rotatable bonds is 4. The highest BCUT2D eigenvalue weighted by Gasteiger charge is 2.19. The van der Waals surface area contributed by atoms with E-state index >= 15 is 0 Å². The summed E-state index contributed by atoms with van der Waals surface area (Å²) >= 11 is 1.53. The Morgan fingerprint density at radius 1 is 1.05 bits per heavy atom. The largest absolute Gasteiger partial charge is 0.493 e. The van der Waals surface area contributed by atoms with Gasteiger partial charge in [0.05, 0.1) is 12.1 Å². The lowest BCUT2D eigenvalue weighted by atomic mass is 9.95. The van der Waals surface area contributed by atoms with Crippen molar-refractivity contribution in [1.29, 1.82) is 0 Å². The zero-order chi connectivity index (χ0) is 25.8. The molecule has 6 rings (SSSR count). The van der Waals surface area contributed by atoms with Gasteiger partial charge in [-0.2, -0.15) is 0 Å². The first-order chi connectivity index (χ1) is 18.0. The highest BCUT2D eigenvalue weighted by molar-refractivity contribution is 7.13. The monoisotopic (exact) mass is 515 g/mol. The summed E-state index contributed by atoms with van der Waals surface area (Å²) in [5.74, 6) is 2.73. The normalized spacial score (nSPS) is 14.9. The molecule has 0 radical (unpaired) electrons. The van der Waals surface area contributed by atoms with Crippen LogP contribution in [0.2, 0.25) is 0 Å². The average molecular weight is 516 g/mol. The predicted molar refractivity (Wildman–Crippen MR) is 150 cm³/mol. The molecule has 0 saturated heterocycles. The molecule has 1 aliphatic carbocycles. The molecule has 2 aliphatic rings. The van der Waals surface area contributed by atoms with E-state index in [1.54, 1.807) is 0 Å². The summed E-state index contributed by atoms with van der Waals surface area (Å²) in [5, 5.41) is 6.98. The summed E-state index contributed by atoms with van der Waals surface area (Å²) < 4.78 is 5.54. The Morgan fingerprint density at radius 3 is 2.68 bits per heavy atom. The van der Waals surface area contributed by atoms with Crippen molar-refractivity contribution in [3.63, 3.8) is 0 Å². The zero-order valence-electron chi connectivity index (χ0n) is 21.7. The van der Waals surface area contributed by atoms with Crippen LogP contribution in [-0.4, -0.2) is 47.6 Å².